The van der Waals surface area contributed by atoms with Gasteiger partial charge in [-0.15, -0.1) is 0 Å². The highest BCUT2D eigenvalue weighted by atomic mass is 16.5. The van der Waals surface area contributed by atoms with Crippen LogP contribution in [0.5, 0.6) is 0 Å². The Morgan fingerprint density at radius 3 is 2.72 bits per heavy atom. The Morgan fingerprint density at radius 2 is 1.86 bits per heavy atom. The molecule has 5 N–H and O–H groups in total. The number of nitrogens with zero attached hydrogens (tertiary/aromatic N) is 1. The van der Waals surface area contributed by atoms with Gasteiger partial charge < -0.3 is 21.1 Å². The molecule has 6 rings (SSSR count). The van der Waals surface area contributed by atoms with Crippen molar-refractivity contribution in [2.24, 2.45) is 0 Å². The van der Waals surface area contributed by atoms with Gasteiger partial charge in [0, 0.05) is 42.5 Å². The highest BCUT2D eigenvalue weighted by Gasteiger charge is 2.21. The number of amides is 2. The molecule has 0 saturated heterocycles. The van der Waals surface area contributed by atoms with Crippen LogP contribution < -0.4 is 21.7 Å². The van der Waals surface area contributed by atoms with Crippen LogP contribution in [0, 0.1) is 0 Å². The van der Waals surface area contributed by atoms with E-state index in [1.807, 2.05) is 66.7 Å². The zero-order valence-corrected chi connectivity index (χ0v) is 19.7. The summed E-state index contributed by atoms with van der Waals surface area (Å²) in [4.78, 5) is 29.6. The number of nitrogens with two attached hydrogens (primary N) is 1. The second-order valence-electron chi connectivity index (χ2n) is 8.74. The quantitative estimate of drug-likeness (QED) is 0.344. The predicted molar refractivity (Wildman–Crippen MR) is 141 cm³/mol. The number of anilines is 3. The van der Waals surface area contributed by atoms with Gasteiger partial charge in [0.15, 0.2) is 0 Å². The van der Waals surface area contributed by atoms with Gasteiger partial charge in [-0.2, -0.15) is 0 Å². The molecule has 36 heavy (non-hydrogen) atoms. The largest absolute Gasteiger partial charge is 0.449 e. The maximum atomic E-state index is 13.4. The molecule has 1 atom stereocenters. The molecule has 2 aliphatic rings. The van der Waals surface area contributed by atoms with E-state index in [1.54, 1.807) is 12.3 Å². The molecule has 8 nitrogen and oxygen atoms in total. The van der Waals surface area contributed by atoms with Crippen molar-refractivity contribution in [3.8, 4) is 0 Å². The van der Waals surface area contributed by atoms with E-state index in [9.17, 15) is 9.59 Å². The summed E-state index contributed by atoms with van der Waals surface area (Å²) >= 11 is 0. The summed E-state index contributed by atoms with van der Waals surface area (Å²) in [7, 11) is 0. The number of hydrogen-bond donors (Lipinski definition) is 4. The Balaban J connectivity index is 1.39. The molecule has 0 saturated carbocycles. The normalized spacial score (nSPS) is 16.2. The van der Waals surface area contributed by atoms with Crippen LogP contribution in [0.15, 0.2) is 79.0 Å². The third-order valence-corrected chi connectivity index (χ3v) is 6.27. The monoisotopic (exact) mass is 481 g/mol. The third-order valence-electron chi connectivity index (χ3n) is 6.27. The summed E-state index contributed by atoms with van der Waals surface area (Å²) in [5.74, 6) is -0.0104. The van der Waals surface area contributed by atoms with Gasteiger partial charge >= 0.3 is 6.09 Å². The molecule has 0 radical (unpaired) electrons. The minimum atomic E-state index is -0.501. The third kappa shape index (κ3) is 5.38. The minimum Gasteiger partial charge on any atom is -0.449 e. The second kappa shape index (κ2) is 10.4. The molecular formula is C28H27N5O3. The molecule has 0 spiro atoms. The molecule has 8 heteroatoms. The molecule has 1 aromatic heterocycles. The van der Waals surface area contributed by atoms with Crippen molar-refractivity contribution < 1.29 is 14.3 Å². The highest BCUT2D eigenvalue weighted by Crippen LogP contribution is 2.24. The van der Waals surface area contributed by atoms with Crippen molar-refractivity contribution >= 4 is 40.0 Å². The number of rotatable bonds is 3. The second-order valence-corrected chi connectivity index (χ2v) is 8.74. The lowest BCUT2D eigenvalue weighted by Crippen LogP contribution is -2.33. The van der Waals surface area contributed by atoms with Crippen molar-refractivity contribution in [3.05, 3.63) is 95.7 Å². The summed E-state index contributed by atoms with van der Waals surface area (Å²) in [6, 6.07) is 23.0. The summed E-state index contributed by atoms with van der Waals surface area (Å²) in [6.07, 6.45) is 1.76. The van der Waals surface area contributed by atoms with Gasteiger partial charge in [-0.25, -0.2) is 9.78 Å². The fraction of sp³-hybridized carbons (Fsp3) is 0.179. The zero-order chi connectivity index (χ0) is 24.9. The number of aromatic nitrogens is 1. The lowest BCUT2D eigenvalue weighted by molar-refractivity contribution is -0.122. The van der Waals surface area contributed by atoms with Crippen molar-refractivity contribution in [1.82, 2.24) is 10.3 Å². The van der Waals surface area contributed by atoms with Crippen LogP contribution in [0.1, 0.15) is 22.6 Å². The van der Waals surface area contributed by atoms with Gasteiger partial charge in [0.1, 0.15) is 5.82 Å². The number of carbonyl (C=O) groups excluding carboxylic acids is 2. The maximum Gasteiger partial charge on any atom is 0.411 e. The smallest absolute Gasteiger partial charge is 0.411 e. The Bertz CT molecular complexity index is 1400. The summed E-state index contributed by atoms with van der Waals surface area (Å²) < 4.78 is 5.32. The van der Waals surface area contributed by atoms with E-state index in [-0.39, 0.29) is 12.5 Å². The lowest BCUT2D eigenvalue weighted by Gasteiger charge is -2.20. The van der Waals surface area contributed by atoms with Crippen molar-refractivity contribution in [1.29, 1.82) is 0 Å². The molecule has 0 aliphatic carbocycles. The van der Waals surface area contributed by atoms with E-state index >= 15 is 0 Å². The first-order chi connectivity index (χ1) is 17.5. The minimum absolute atomic E-state index is 0.0886. The number of nitrogens with one attached hydrogen (secondary N) is 3. The number of pyridine rings is 1. The van der Waals surface area contributed by atoms with Crippen molar-refractivity contribution in [2.75, 3.05) is 29.5 Å². The molecule has 4 bridgehead atoms. The predicted octanol–water partition coefficient (Wildman–Crippen LogP) is 4.43. The Morgan fingerprint density at radius 1 is 1.00 bits per heavy atom. The molecule has 3 heterocycles. The molecule has 1 unspecified atom stereocenters. The standard InChI is InChI=1S/C28H27N5O3/c29-26-24-9-8-22(15-21(24)10-12-30-26)31-17-25-20-6-4-18(5-7-20)11-13-36-28(35)33-23-3-1-2-19(14-23)16-32-27(25)34/h1-10,12,14-15,25,31H,11,13,16-17H2,(H2,29,30)(H,32,34)(H,33,35). The maximum absolute atomic E-state index is 13.4. The Labute approximate surface area is 208 Å². The van der Waals surface area contributed by atoms with E-state index < -0.39 is 12.0 Å². The first-order valence-corrected chi connectivity index (χ1v) is 11.8. The lowest BCUT2D eigenvalue weighted by atomic mass is 9.96. The summed E-state index contributed by atoms with van der Waals surface area (Å²) in [5, 5.41) is 11.1. The van der Waals surface area contributed by atoms with E-state index in [1.165, 1.54) is 0 Å². The highest BCUT2D eigenvalue weighted by molar-refractivity contribution is 5.93. The van der Waals surface area contributed by atoms with Gasteiger partial charge in [-0.3, -0.25) is 10.1 Å². The van der Waals surface area contributed by atoms with Crippen molar-refractivity contribution in [2.45, 2.75) is 18.9 Å². The van der Waals surface area contributed by atoms with Gasteiger partial charge in [0.25, 0.3) is 0 Å². The van der Waals surface area contributed by atoms with Gasteiger partial charge in [0.2, 0.25) is 5.91 Å². The fourth-order valence-electron chi connectivity index (χ4n) is 4.30. The van der Waals surface area contributed by atoms with Crippen LogP contribution in [0.25, 0.3) is 10.8 Å². The van der Waals surface area contributed by atoms with Crippen LogP contribution in [-0.2, 0) is 22.5 Å². The van der Waals surface area contributed by atoms with Crippen LogP contribution in [-0.4, -0.2) is 30.1 Å². The van der Waals surface area contributed by atoms with E-state index in [4.69, 9.17) is 10.5 Å². The van der Waals surface area contributed by atoms with E-state index in [0.717, 1.165) is 33.2 Å². The average Bonchev–Trinajstić information content (AvgIpc) is 2.88. The molecule has 2 amide bonds. The first kappa shape index (κ1) is 23.2. The number of ether oxygens (including phenoxy) is 1. The van der Waals surface area contributed by atoms with Gasteiger partial charge in [-0.05, 0) is 58.5 Å². The molecular weight excluding hydrogens is 454 g/mol. The van der Waals surface area contributed by atoms with E-state index in [0.29, 0.717) is 31.0 Å². The number of fused-ring (bicyclic) bond motifs is 10. The topological polar surface area (TPSA) is 118 Å². The summed E-state index contributed by atoms with van der Waals surface area (Å²) in [6.45, 7) is 1.01. The number of benzene rings is 3. The fourth-order valence-corrected chi connectivity index (χ4v) is 4.30. The Kier molecular flexibility index (Phi) is 6.66. The van der Waals surface area contributed by atoms with Crippen LogP contribution in [0.4, 0.5) is 22.0 Å². The molecule has 182 valence electrons. The molecule has 3 aromatic carbocycles. The SMILES string of the molecule is Nc1nccc2cc(NCC3C(=O)NCc4cccc(c4)NC(=O)OCCc4ccc3cc4)ccc12. The van der Waals surface area contributed by atoms with E-state index in [2.05, 4.69) is 20.9 Å². The first-order valence-electron chi connectivity index (χ1n) is 11.8. The zero-order valence-electron chi connectivity index (χ0n) is 19.7. The number of nitrogen functional groups attached to an aromatic ring is 1. The van der Waals surface area contributed by atoms with Gasteiger partial charge in [-0.1, -0.05) is 36.4 Å². The van der Waals surface area contributed by atoms with Crippen molar-refractivity contribution in [3.63, 3.8) is 0 Å². The average molecular weight is 482 g/mol. The molecule has 4 aromatic rings. The molecule has 2 aliphatic heterocycles. The van der Waals surface area contributed by atoms with Crippen LogP contribution >= 0.6 is 0 Å². The summed E-state index contributed by atoms with van der Waals surface area (Å²) in [5.41, 5.74) is 10.3. The number of hydrogen-bond acceptors (Lipinski definition) is 6. The van der Waals surface area contributed by atoms with Crippen LogP contribution in [0.3, 0.4) is 0 Å². The van der Waals surface area contributed by atoms with Gasteiger partial charge in [0.05, 0.1) is 12.5 Å². The number of carbonyl (C=O) groups is 2. The van der Waals surface area contributed by atoms with Crippen LogP contribution in [0.2, 0.25) is 0 Å². The Hall–Kier alpha value is -4.59. The molecule has 0 fully saturated rings.